The van der Waals surface area contributed by atoms with Gasteiger partial charge in [-0.25, -0.2) is 0 Å². The van der Waals surface area contributed by atoms with E-state index in [0.717, 1.165) is 5.56 Å². The number of nitriles is 1. The first-order valence-electron chi connectivity index (χ1n) is 5.26. The molecule has 1 amide bonds. The van der Waals surface area contributed by atoms with E-state index < -0.39 is 5.91 Å². The molecule has 0 aliphatic rings. The smallest absolute Gasteiger partial charge is 0.284 e. The van der Waals surface area contributed by atoms with E-state index >= 15 is 0 Å². The summed E-state index contributed by atoms with van der Waals surface area (Å²) < 4.78 is 0. The van der Waals surface area contributed by atoms with E-state index in [1.807, 2.05) is 30.3 Å². The summed E-state index contributed by atoms with van der Waals surface area (Å²) in [6.07, 6.45) is 0. The van der Waals surface area contributed by atoms with Crippen molar-refractivity contribution in [3.63, 3.8) is 0 Å². The van der Waals surface area contributed by atoms with Crippen molar-refractivity contribution in [2.75, 3.05) is 12.4 Å². The van der Waals surface area contributed by atoms with Gasteiger partial charge in [0.25, 0.3) is 5.91 Å². The first-order chi connectivity index (χ1) is 8.77. The minimum absolute atomic E-state index is 0.203. The van der Waals surface area contributed by atoms with Crippen molar-refractivity contribution in [3.05, 3.63) is 35.9 Å². The molecule has 0 aliphatic heterocycles. The highest BCUT2D eigenvalue weighted by atomic mass is 35.5. The summed E-state index contributed by atoms with van der Waals surface area (Å²) in [6.45, 7) is 0.481. The number of nitrogens with one attached hydrogen (secondary N) is 1. The monoisotopic (exact) mass is 265 g/mol. The summed E-state index contributed by atoms with van der Waals surface area (Å²) in [5.74, 6) is -0.318. The number of nitrogens with zero attached hydrogens (tertiary/aromatic N) is 2. The van der Waals surface area contributed by atoms with Crippen molar-refractivity contribution in [2.24, 2.45) is 5.16 Å². The van der Waals surface area contributed by atoms with E-state index in [4.69, 9.17) is 21.7 Å². The van der Waals surface area contributed by atoms with Crippen molar-refractivity contribution < 1.29 is 9.63 Å². The van der Waals surface area contributed by atoms with Gasteiger partial charge in [0.05, 0.1) is 0 Å². The molecule has 0 unspecified atom stereocenters. The second-order valence-corrected chi connectivity index (χ2v) is 3.63. The molecule has 0 aliphatic carbocycles. The zero-order valence-electron chi connectivity index (χ0n) is 9.60. The fourth-order valence-corrected chi connectivity index (χ4v) is 1.20. The van der Waals surface area contributed by atoms with Gasteiger partial charge >= 0.3 is 0 Å². The lowest BCUT2D eigenvalue weighted by Crippen LogP contribution is -2.31. The van der Waals surface area contributed by atoms with Gasteiger partial charge in [-0.15, -0.1) is 11.6 Å². The van der Waals surface area contributed by atoms with Gasteiger partial charge in [0, 0.05) is 12.4 Å². The predicted molar refractivity (Wildman–Crippen MR) is 68.0 cm³/mol. The maximum absolute atomic E-state index is 11.4. The molecule has 0 heterocycles. The Morgan fingerprint density at radius 1 is 1.44 bits per heavy atom. The largest absolute Gasteiger partial charge is 0.390 e. The van der Waals surface area contributed by atoms with Crippen molar-refractivity contribution in [1.29, 1.82) is 5.26 Å². The highest BCUT2D eigenvalue weighted by Crippen LogP contribution is 2.00. The average molecular weight is 266 g/mol. The molecule has 5 nitrogen and oxygen atoms in total. The number of alkyl halides is 1. The number of benzene rings is 1. The summed E-state index contributed by atoms with van der Waals surface area (Å²) in [6, 6.07) is 11.0. The van der Waals surface area contributed by atoms with E-state index in [0.29, 0.717) is 0 Å². The first-order valence-corrected chi connectivity index (χ1v) is 5.79. The molecule has 0 fully saturated rings. The van der Waals surface area contributed by atoms with E-state index in [1.165, 1.54) is 0 Å². The SMILES string of the molecule is N#C/C(=N\OCc1ccccc1)C(=O)NCCCl. The number of carbonyl (C=O) groups excluding carboxylic acids is 1. The molecule has 1 N–H and O–H groups in total. The van der Waals surface area contributed by atoms with Gasteiger partial charge in [-0.05, 0) is 5.56 Å². The molecule has 0 saturated carbocycles. The Morgan fingerprint density at radius 2 is 2.17 bits per heavy atom. The molecule has 94 valence electrons. The Morgan fingerprint density at radius 3 is 2.78 bits per heavy atom. The molecule has 0 bridgehead atoms. The zero-order valence-corrected chi connectivity index (χ0v) is 10.4. The number of oxime groups is 1. The van der Waals surface area contributed by atoms with Crippen molar-refractivity contribution in [3.8, 4) is 6.07 Å². The van der Waals surface area contributed by atoms with Gasteiger partial charge in [0.1, 0.15) is 12.7 Å². The molecule has 1 aromatic rings. The number of rotatable bonds is 6. The third kappa shape index (κ3) is 4.85. The third-order valence-corrected chi connectivity index (χ3v) is 2.12. The number of hydrogen-bond acceptors (Lipinski definition) is 4. The van der Waals surface area contributed by atoms with Crippen molar-refractivity contribution >= 4 is 23.2 Å². The maximum atomic E-state index is 11.4. The molecular weight excluding hydrogens is 254 g/mol. The van der Waals surface area contributed by atoms with Gasteiger partial charge in [-0.3, -0.25) is 4.79 Å². The average Bonchev–Trinajstić information content (AvgIpc) is 2.42. The first kappa shape index (κ1) is 14.0. The molecule has 0 atom stereocenters. The lowest BCUT2D eigenvalue weighted by molar-refractivity contribution is -0.114. The summed E-state index contributed by atoms with van der Waals surface area (Å²) in [5.41, 5.74) is 0.579. The number of carbonyl (C=O) groups is 1. The lowest BCUT2D eigenvalue weighted by Gasteiger charge is -2.01. The normalized spacial score (nSPS) is 10.6. The third-order valence-electron chi connectivity index (χ3n) is 1.93. The molecule has 18 heavy (non-hydrogen) atoms. The maximum Gasteiger partial charge on any atom is 0.284 e. The highest BCUT2D eigenvalue weighted by Gasteiger charge is 2.10. The van der Waals surface area contributed by atoms with Crippen LogP contribution in [0.25, 0.3) is 0 Å². The molecule has 0 aromatic heterocycles. The van der Waals surface area contributed by atoms with E-state index in [-0.39, 0.29) is 24.7 Å². The molecule has 0 spiro atoms. The van der Waals surface area contributed by atoms with Crippen LogP contribution in [-0.2, 0) is 16.2 Å². The van der Waals surface area contributed by atoms with Gasteiger partial charge in [-0.1, -0.05) is 35.5 Å². The number of hydrogen-bond donors (Lipinski definition) is 1. The van der Waals surface area contributed by atoms with Crippen LogP contribution in [0.4, 0.5) is 0 Å². The van der Waals surface area contributed by atoms with Crippen LogP contribution in [0.2, 0.25) is 0 Å². The standard InChI is InChI=1S/C12H12ClN3O2/c13-6-7-15-12(17)11(8-14)16-18-9-10-4-2-1-3-5-10/h1-5H,6-7,9H2,(H,15,17)/b16-11+. The van der Waals surface area contributed by atoms with Gasteiger partial charge in [0.2, 0.25) is 5.71 Å². The summed E-state index contributed by atoms with van der Waals surface area (Å²) in [7, 11) is 0. The van der Waals surface area contributed by atoms with Gasteiger partial charge < -0.3 is 10.2 Å². The summed E-state index contributed by atoms with van der Waals surface area (Å²) in [4.78, 5) is 16.3. The van der Waals surface area contributed by atoms with Crippen LogP contribution in [0, 0.1) is 11.3 Å². The van der Waals surface area contributed by atoms with Crippen LogP contribution in [0.3, 0.4) is 0 Å². The van der Waals surface area contributed by atoms with Crippen molar-refractivity contribution in [2.45, 2.75) is 6.61 Å². The number of amides is 1. The van der Waals surface area contributed by atoms with E-state index in [1.54, 1.807) is 6.07 Å². The highest BCUT2D eigenvalue weighted by molar-refractivity contribution is 6.45. The van der Waals surface area contributed by atoms with Gasteiger partial charge in [0.15, 0.2) is 0 Å². The van der Waals surface area contributed by atoms with Crippen LogP contribution in [-0.4, -0.2) is 24.0 Å². The lowest BCUT2D eigenvalue weighted by atomic mass is 10.2. The van der Waals surface area contributed by atoms with Crippen LogP contribution < -0.4 is 5.32 Å². The zero-order chi connectivity index (χ0) is 13.2. The predicted octanol–water partition coefficient (Wildman–Crippen LogP) is 1.44. The van der Waals surface area contributed by atoms with Crippen LogP contribution in [0.1, 0.15) is 5.56 Å². The Labute approximate surface area is 110 Å². The molecule has 1 aromatic carbocycles. The fraction of sp³-hybridized carbons (Fsp3) is 0.250. The molecular formula is C12H12ClN3O2. The molecule has 6 heteroatoms. The summed E-state index contributed by atoms with van der Waals surface area (Å²) in [5, 5.41) is 14.7. The Hall–Kier alpha value is -2.06. The summed E-state index contributed by atoms with van der Waals surface area (Å²) >= 11 is 5.41. The Balaban J connectivity index is 2.48. The second kappa shape index (κ2) is 8.09. The quantitative estimate of drug-likeness (QED) is 0.480. The Kier molecular flexibility index (Phi) is 6.30. The Bertz CT molecular complexity index is 454. The minimum atomic E-state index is -0.591. The molecule has 1 rings (SSSR count). The van der Waals surface area contributed by atoms with Gasteiger partial charge in [-0.2, -0.15) is 5.26 Å². The topological polar surface area (TPSA) is 74.5 Å². The van der Waals surface area contributed by atoms with Crippen LogP contribution >= 0.6 is 11.6 Å². The minimum Gasteiger partial charge on any atom is -0.390 e. The number of halogens is 1. The van der Waals surface area contributed by atoms with E-state index in [9.17, 15) is 4.79 Å². The fourth-order valence-electron chi connectivity index (χ4n) is 1.10. The second-order valence-electron chi connectivity index (χ2n) is 3.26. The van der Waals surface area contributed by atoms with E-state index in [2.05, 4.69) is 10.5 Å². The van der Waals surface area contributed by atoms with Crippen LogP contribution in [0.5, 0.6) is 0 Å². The van der Waals surface area contributed by atoms with Crippen molar-refractivity contribution in [1.82, 2.24) is 5.32 Å². The molecule has 0 saturated heterocycles. The molecule has 0 radical (unpaired) electrons. The van der Waals surface area contributed by atoms with Crippen LogP contribution in [0.15, 0.2) is 35.5 Å².